The summed E-state index contributed by atoms with van der Waals surface area (Å²) in [6.07, 6.45) is 0.0399. The van der Waals surface area contributed by atoms with Crippen LogP contribution in [-0.2, 0) is 9.53 Å². The van der Waals surface area contributed by atoms with Crippen molar-refractivity contribution in [1.29, 1.82) is 0 Å². The van der Waals surface area contributed by atoms with Crippen LogP contribution in [0.3, 0.4) is 0 Å². The first-order valence-corrected chi connectivity index (χ1v) is 11.7. The normalized spacial score (nSPS) is 17.7. The fourth-order valence-electron chi connectivity index (χ4n) is 4.79. The highest BCUT2D eigenvalue weighted by Crippen LogP contribution is 2.44. The third-order valence-corrected chi connectivity index (χ3v) is 6.83. The van der Waals surface area contributed by atoms with Gasteiger partial charge in [-0.05, 0) is 65.3 Å². The Morgan fingerprint density at radius 2 is 1.63 bits per heavy atom. The second kappa shape index (κ2) is 9.25. The number of fused-ring (bicyclic) bond motifs is 3. The molecule has 2 amide bonds. The van der Waals surface area contributed by atoms with Gasteiger partial charge >= 0.3 is 12.1 Å². The number of aryl methyl sites for hydroxylation is 1. The number of benzene rings is 3. The lowest BCUT2D eigenvalue weighted by atomic mass is 9.98. The van der Waals surface area contributed by atoms with Crippen molar-refractivity contribution in [2.24, 2.45) is 11.8 Å². The minimum absolute atomic E-state index is 0.00736. The zero-order valence-corrected chi connectivity index (χ0v) is 19.3. The average Bonchev–Trinajstić information content (AvgIpc) is 3.58. The van der Waals surface area contributed by atoms with Crippen molar-refractivity contribution < 1.29 is 24.2 Å². The van der Waals surface area contributed by atoms with Gasteiger partial charge in [-0.15, -0.1) is 0 Å². The summed E-state index contributed by atoms with van der Waals surface area (Å²) in [5.41, 5.74) is 6.37. The molecule has 178 valence electrons. The zero-order valence-electron chi connectivity index (χ0n) is 19.3. The summed E-state index contributed by atoms with van der Waals surface area (Å²) in [4.78, 5) is 35.9. The van der Waals surface area contributed by atoms with E-state index in [2.05, 4.69) is 34.9 Å². The van der Waals surface area contributed by atoms with Crippen LogP contribution in [0.5, 0.6) is 0 Å². The predicted octanol–water partition coefficient (Wildman–Crippen LogP) is 4.81. The molecule has 5 rings (SSSR count). The summed E-state index contributed by atoms with van der Waals surface area (Å²) >= 11 is 0. The van der Waals surface area contributed by atoms with Crippen LogP contribution in [0.2, 0.25) is 0 Å². The van der Waals surface area contributed by atoms with Gasteiger partial charge in [0.1, 0.15) is 6.61 Å². The van der Waals surface area contributed by atoms with E-state index in [4.69, 9.17) is 9.84 Å². The molecule has 0 saturated heterocycles. The number of amides is 2. The molecule has 0 bridgehead atoms. The van der Waals surface area contributed by atoms with Gasteiger partial charge < -0.3 is 15.2 Å². The molecule has 7 nitrogen and oxygen atoms in total. The summed E-state index contributed by atoms with van der Waals surface area (Å²) in [5, 5.41) is 14.5. The lowest BCUT2D eigenvalue weighted by Gasteiger charge is -2.15. The largest absolute Gasteiger partial charge is 0.481 e. The number of carbonyl (C=O) groups excluding carboxylic acids is 2. The van der Waals surface area contributed by atoms with Crippen molar-refractivity contribution in [2.75, 3.05) is 18.5 Å². The minimum Gasteiger partial charge on any atom is -0.481 e. The van der Waals surface area contributed by atoms with Gasteiger partial charge in [-0.3, -0.25) is 14.9 Å². The average molecular weight is 471 g/mol. The van der Waals surface area contributed by atoms with Crippen LogP contribution in [0.25, 0.3) is 11.1 Å². The molecule has 0 heterocycles. The van der Waals surface area contributed by atoms with Gasteiger partial charge in [0.15, 0.2) is 0 Å². The highest BCUT2D eigenvalue weighted by molar-refractivity contribution is 5.95. The fourth-order valence-corrected chi connectivity index (χ4v) is 4.79. The van der Waals surface area contributed by atoms with Crippen LogP contribution in [0.15, 0.2) is 66.7 Å². The van der Waals surface area contributed by atoms with Crippen LogP contribution in [0, 0.1) is 18.8 Å². The highest BCUT2D eigenvalue weighted by Gasteiger charge is 2.43. The van der Waals surface area contributed by atoms with Crippen LogP contribution >= 0.6 is 0 Å². The van der Waals surface area contributed by atoms with E-state index in [1.54, 1.807) is 25.1 Å². The Kier molecular flexibility index (Phi) is 5.99. The van der Waals surface area contributed by atoms with E-state index in [0.29, 0.717) is 24.2 Å². The second-order valence-corrected chi connectivity index (χ2v) is 9.13. The lowest BCUT2D eigenvalue weighted by molar-refractivity contribution is -0.138. The summed E-state index contributed by atoms with van der Waals surface area (Å²) in [7, 11) is 0. The Hall–Kier alpha value is -4.13. The third-order valence-electron chi connectivity index (χ3n) is 6.83. The molecule has 1 saturated carbocycles. The smallest absolute Gasteiger partial charge is 0.411 e. The Bertz CT molecular complexity index is 1270. The molecule has 3 aromatic carbocycles. The molecule has 3 N–H and O–H groups in total. The molecule has 0 aliphatic heterocycles. The van der Waals surface area contributed by atoms with Crippen LogP contribution in [0.1, 0.15) is 39.4 Å². The number of carbonyl (C=O) groups is 3. The van der Waals surface area contributed by atoms with E-state index in [9.17, 15) is 14.4 Å². The van der Waals surface area contributed by atoms with Crippen LogP contribution < -0.4 is 10.6 Å². The van der Waals surface area contributed by atoms with Crippen molar-refractivity contribution in [2.45, 2.75) is 19.3 Å². The predicted molar refractivity (Wildman–Crippen MR) is 131 cm³/mol. The second-order valence-electron chi connectivity index (χ2n) is 9.13. The summed E-state index contributed by atoms with van der Waals surface area (Å²) in [6.45, 7) is 2.36. The number of ether oxygens (including phenoxy) is 1. The Morgan fingerprint density at radius 1 is 0.971 bits per heavy atom. The molecular weight excluding hydrogens is 444 g/mol. The van der Waals surface area contributed by atoms with Gasteiger partial charge in [0.05, 0.1) is 5.92 Å². The molecule has 2 atom stereocenters. The number of aliphatic carboxylic acids is 1. The number of carboxylic acid groups (broad SMARTS) is 1. The van der Waals surface area contributed by atoms with Crippen molar-refractivity contribution in [1.82, 2.24) is 5.32 Å². The number of nitrogens with one attached hydrogen (secondary N) is 2. The first kappa shape index (κ1) is 22.7. The maximum Gasteiger partial charge on any atom is 0.411 e. The van der Waals surface area contributed by atoms with E-state index in [-0.39, 0.29) is 30.3 Å². The molecule has 2 aliphatic carbocycles. The third kappa shape index (κ3) is 4.62. The Morgan fingerprint density at radius 3 is 2.23 bits per heavy atom. The van der Waals surface area contributed by atoms with Crippen LogP contribution in [0.4, 0.5) is 10.5 Å². The maximum atomic E-state index is 12.6. The quantitative estimate of drug-likeness (QED) is 0.460. The van der Waals surface area contributed by atoms with Gasteiger partial charge in [-0.2, -0.15) is 0 Å². The first-order valence-electron chi connectivity index (χ1n) is 11.7. The van der Waals surface area contributed by atoms with E-state index in [0.717, 1.165) is 16.7 Å². The lowest BCUT2D eigenvalue weighted by Crippen LogP contribution is -2.26. The molecule has 0 aromatic heterocycles. The van der Waals surface area contributed by atoms with Crippen molar-refractivity contribution in [3.8, 4) is 11.1 Å². The zero-order chi connectivity index (χ0) is 24.5. The minimum atomic E-state index is -0.816. The molecule has 0 radical (unpaired) electrons. The monoisotopic (exact) mass is 470 g/mol. The molecule has 35 heavy (non-hydrogen) atoms. The summed E-state index contributed by atoms with van der Waals surface area (Å²) < 4.78 is 5.60. The molecular formula is C28H26N2O5. The van der Waals surface area contributed by atoms with E-state index < -0.39 is 12.1 Å². The summed E-state index contributed by atoms with van der Waals surface area (Å²) in [6, 6.07) is 21.3. The van der Waals surface area contributed by atoms with E-state index in [1.807, 2.05) is 24.3 Å². The molecule has 1 fully saturated rings. The SMILES string of the molecule is Cc1cc(C(=O)NCC2CC2C(=O)O)ccc1NC(=O)OCC1c2ccccc2-c2ccccc21. The Labute approximate surface area is 203 Å². The molecule has 7 heteroatoms. The van der Waals surface area contributed by atoms with Crippen molar-refractivity contribution in [3.05, 3.63) is 89.0 Å². The molecule has 2 aliphatic rings. The number of anilines is 1. The van der Waals surface area contributed by atoms with E-state index >= 15 is 0 Å². The van der Waals surface area contributed by atoms with Gasteiger partial charge in [0.2, 0.25) is 0 Å². The highest BCUT2D eigenvalue weighted by atomic mass is 16.5. The van der Waals surface area contributed by atoms with Gasteiger partial charge in [0.25, 0.3) is 5.91 Å². The van der Waals surface area contributed by atoms with Crippen molar-refractivity contribution in [3.63, 3.8) is 0 Å². The number of carboxylic acids is 1. The number of hydrogen-bond donors (Lipinski definition) is 3. The molecule has 2 unspecified atom stereocenters. The van der Waals surface area contributed by atoms with Gasteiger partial charge in [-0.1, -0.05) is 48.5 Å². The van der Waals surface area contributed by atoms with E-state index in [1.165, 1.54) is 11.1 Å². The van der Waals surface area contributed by atoms with Gasteiger partial charge in [0, 0.05) is 23.7 Å². The maximum absolute atomic E-state index is 12.6. The standard InChI is InChI=1S/C28H26N2O5/c1-16-12-17(26(31)29-14-18-13-23(18)27(32)33)10-11-25(16)30-28(34)35-15-24-21-8-4-2-6-19(21)20-7-3-5-9-22(20)24/h2-12,18,23-24H,13-15H2,1H3,(H,29,31)(H,30,34)(H,32,33). The Balaban J connectivity index is 1.18. The van der Waals surface area contributed by atoms with Gasteiger partial charge in [-0.25, -0.2) is 4.79 Å². The first-order chi connectivity index (χ1) is 16.9. The number of hydrogen-bond acceptors (Lipinski definition) is 4. The van der Waals surface area contributed by atoms with Crippen LogP contribution in [-0.4, -0.2) is 36.2 Å². The molecule has 0 spiro atoms. The topological polar surface area (TPSA) is 105 Å². The van der Waals surface area contributed by atoms with Crippen molar-refractivity contribution >= 4 is 23.7 Å². The molecule has 3 aromatic rings. The number of rotatable bonds is 7. The summed E-state index contributed by atoms with van der Waals surface area (Å²) in [5.74, 6) is -1.47. The fraction of sp³-hybridized carbons (Fsp3) is 0.250.